The van der Waals surface area contributed by atoms with E-state index in [9.17, 15) is 9.59 Å². The zero-order valence-corrected chi connectivity index (χ0v) is 17.0. The highest BCUT2D eigenvalue weighted by molar-refractivity contribution is 5.85. The average Bonchev–Trinajstić information content (AvgIpc) is 2.57. The summed E-state index contributed by atoms with van der Waals surface area (Å²) < 4.78 is 10.8. The van der Waals surface area contributed by atoms with E-state index in [-0.39, 0.29) is 11.1 Å². The molecule has 26 heavy (non-hydrogen) atoms. The normalized spacial score (nSPS) is 9.23. The van der Waals surface area contributed by atoms with Crippen LogP contribution in [0.4, 0.5) is 0 Å². The summed E-state index contributed by atoms with van der Waals surface area (Å²) in [7, 11) is 0. The summed E-state index contributed by atoms with van der Waals surface area (Å²) in [5.74, 6) is -1.87. The molecule has 0 saturated carbocycles. The first-order valence-corrected chi connectivity index (χ1v) is 9.13. The molecule has 0 spiro atoms. The number of carbonyl (C=O) groups is 2. The van der Waals surface area contributed by atoms with Gasteiger partial charge in [0.05, 0.1) is 13.2 Å². The first kappa shape index (κ1) is 29.1. The number of aliphatic carboxylic acids is 2. The number of hydrogen-bond donors (Lipinski definition) is 2. The van der Waals surface area contributed by atoms with Gasteiger partial charge in [-0.3, -0.25) is 0 Å². The van der Waals surface area contributed by atoms with E-state index in [4.69, 9.17) is 19.7 Å². The Morgan fingerprint density at radius 2 is 0.962 bits per heavy atom. The van der Waals surface area contributed by atoms with Crippen molar-refractivity contribution in [2.45, 2.75) is 66.2 Å². The molecule has 0 rings (SSSR count). The summed E-state index contributed by atoms with van der Waals surface area (Å²) in [4.78, 5) is 19.2. The first-order valence-electron chi connectivity index (χ1n) is 9.13. The van der Waals surface area contributed by atoms with Gasteiger partial charge in [-0.1, -0.05) is 52.7 Å². The second-order valence-corrected chi connectivity index (χ2v) is 5.81. The van der Waals surface area contributed by atoms with Crippen molar-refractivity contribution in [3.05, 3.63) is 24.3 Å². The largest absolute Gasteiger partial charge is 0.478 e. The monoisotopic (exact) mass is 374 g/mol. The maximum absolute atomic E-state index is 9.60. The minimum Gasteiger partial charge on any atom is -0.478 e. The summed E-state index contributed by atoms with van der Waals surface area (Å²) in [5.41, 5.74) is 0.352. The lowest BCUT2D eigenvalue weighted by Gasteiger charge is -2.04. The van der Waals surface area contributed by atoms with Gasteiger partial charge in [-0.25, -0.2) is 9.59 Å². The van der Waals surface area contributed by atoms with Crippen molar-refractivity contribution < 1.29 is 29.3 Å². The van der Waals surface area contributed by atoms with Gasteiger partial charge >= 0.3 is 11.9 Å². The fourth-order valence-corrected chi connectivity index (χ4v) is 1.23. The Labute approximate surface area is 158 Å². The molecule has 0 saturated heterocycles. The molecule has 0 aromatic heterocycles. The molecular formula is C20H38O6. The fraction of sp³-hybridized carbons (Fsp3) is 0.700. The number of carboxylic acids is 2. The predicted molar refractivity (Wildman–Crippen MR) is 106 cm³/mol. The van der Waals surface area contributed by atoms with Crippen LogP contribution >= 0.6 is 0 Å². The average molecular weight is 375 g/mol. The number of carboxylic acid groups (broad SMARTS) is 2. The summed E-state index contributed by atoms with van der Waals surface area (Å²) >= 11 is 0. The molecule has 0 radical (unpaired) electrons. The molecule has 0 unspecified atom stereocenters. The third-order valence-corrected chi connectivity index (χ3v) is 2.89. The molecule has 2 N–H and O–H groups in total. The molecule has 0 amide bonds. The molecule has 6 heteroatoms. The van der Waals surface area contributed by atoms with E-state index >= 15 is 0 Å². The van der Waals surface area contributed by atoms with Gasteiger partial charge in [0, 0.05) is 24.4 Å². The quantitative estimate of drug-likeness (QED) is 0.359. The van der Waals surface area contributed by atoms with E-state index in [2.05, 4.69) is 27.0 Å². The molecule has 0 atom stereocenters. The van der Waals surface area contributed by atoms with E-state index in [0.29, 0.717) is 0 Å². The fourth-order valence-electron chi connectivity index (χ4n) is 1.23. The third kappa shape index (κ3) is 33.8. The van der Waals surface area contributed by atoms with Crippen LogP contribution in [0.15, 0.2) is 24.3 Å². The number of hydrogen-bond acceptors (Lipinski definition) is 4. The number of ether oxygens (including phenoxy) is 2. The molecule has 0 aromatic rings. The molecular weight excluding hydrogens is 336 g/mol. The first-order chi connectivity index (χ1) is 12.2. The van der Waals surface area contributed by atoms with Crippen LogP contribution in [0, 0.1) is 0 Å². The molecule has 154 valence electrons. The zero-order valence-electron chi connectivity index (χ0n) is 17.0. The van der Waals surface area contributed by atoms with Gasteiger partial charge in [0.25, 0.3) is 0 Å². The van der Waals surface area contributed by atoms with Crippen molar-refractivity contribution in [1.29, 1.82) is 0 Å². The van der Waals surface area contributed by atoms with Gasteiger partial charge in [0.1, 0.15) is 0 Å². The van der Waals surface area contributed by atoms with Gasteiger partial charge in [-0.15, -0.1) is 0 Å². The van der Waals surface area contributed by atoms with E-state index < -0.39 is 11.9 Å². The minimum atomic E-state index is -0.935. The maximum atomic E-state index is 9.60. The number of unbranched alkanes of at least 4 members (excludes halogenated alkanes) is 4. The summed E-state index contributed by atoms with van der Waals surface area (Å²) in [6, 6.07) is 0. The molecule has 0 aliphatic carbocycles. The van der Waals surface area contributed by atoms with Crippen LogP contribution in [0.3, 0.4) is 0 Å². The standard InChI is InChI=1S/C12H26O2.2C4H6O2/c1-3-5-7-9-13-11-12-14-10-8-6-4-2;2*1-3(2)4(5)6/h3-12H2,1-2H3;2*1H2,2H3,(H,5,6). The summed E-state index contributed by atoms with van der Waals surface area (Å²) in [6.45, 7) is 16.9. The highest BCUT2D eigenvalue weighted by atomic mass is 16.5. The Morgan fingerprint density at radius 1 is 0.692 bits per heavy atom. The SMILES string of the molecule is C=C(C)C(=O)O.C=C(C)C(=O)O.CCCCCOCCOCCCCC. The van der Waals surface area contributed by atoms with Crippen molar-refractivity contribution >= 4 is 11.9 Å². The summed E-state index contributed by atoms with van der Waals surface area (Å²) in [6.07, 6.45) is 7.45. The lowest BCUT2D eigenvalue weighted by molar-refractivity contribution is -0.133. The molecule has 0 bridgehead atoms. The van der Waals surface area contributed by atoms with Crippen molar-refractivity contribution in [2.24, 2.45) is 0 Å². The second-order valence-electron chi connectivity index (χ2n) is 5.81. The smallest absolute Gasteiger partial charge is 0.330 e. The summed E-state index contributed by atoms with van der Waals surface area (Å²) in [5, 5.41) is 15.8. The molecule has 0 fully saturated rings. The highest BCUT2D eigenvalue weighted by Gasteiger charge is 1.91. The Bertz CT molecular complexity index is 316. The van der Waals surface area contributed by atoms with E-state index in [1.165, 1.54) is 52.4 Å². The van der Waals surface area contributed by atoms with Gasteiger partial charge in [-0.05, 0) is 26.7 Å². The van der Waals surface area contributed by atoms with E-state index in [0.717, 1.165) is 26.4 Å². The third-order valence-electron chi connectivity index (χ3n) is 2.89. The van der Waals surface area contributed by atoms with Crippen LogP contribution in [-0.2, 0) is 19.1 Å². The van der Waals surface area contributed by atoms with Crippen LogP contribution < -0.4 is 0 Å². The topological polar surface area (TPSA) is 93.1 Å². The second kappa shape index (κ2) is 23.3. The Morgan fingerprint density at radius 3 is 1.15 bits per heavy atom. The zero-order chi connectivity index (χ0) is 20.8. The van der Waals surface area contributed by atoms with Crippen molar-refractivity contribution in [3.8, 4) is 0 Å². The Balaban J connectivity index is -0.000000364. The lowest BCUT2D eigenvalue weighted by Crippen LogP contribution is -2.06. The van der Waals surface area contributed by atoms with Gasteiger partial charge in [-0.2, -0.15) is 0 Å². The van der Waals surface area contributed by atoms with Crippen LogP contribution in [0.2, 0.25) is 0 Å². The van der Waals surface area contributed by atoms with Crippen molar-refractivity contribution in [2.75, 3.05) is 26.4 Å². The van der Waals surface area contributed by atoms with Crippen molar-refractivity contribution in [3.63, 3.8) is 0 Å². The molecule has 0 heterocycles. The van der Waals surface area contributed by atoms with Gasteiger partial charge in [0.15, 0.2) is 0 Å². The van der Waals surface area contributed by atoms with Crippen molar-refractivity contribution in [1.82, 2.24) is 0 Å². The predicted octanol–water partition coefficient (Wildman–Crippen LogP) is 4.69. The maximum Gasteiger partial charge on any atom is 0.330 e. The van der Waals surface area contributed by atoms with Crippen LogP contribution in [-0.4, -0.2) is 48.6 Å². The van der Waals surface area contributed by atoms with E-state index in [1.807, 2.05) is 0 Å². The molecule has 6 nitrogen and oxygen atoms in total. The minimum absolute atomic E-state index is 0.176. The Kier molecular flexibility index (Phi) is 26.1. The van der Waals surface area contributed by atoms with E-state index in [1.54, 1.807) is 0 Å². The molecule has 0 aliphatic heterocycles. The lowest BCUT2D eigenvalue weighted by atomic mass is 10.3. The molecule has 0 aliphatic rings. The van der Waals surface area contributed by atoms with Crippen LogP contribution in [0.5, 0.6) is 0 Å². The van der Waals surface area contributed by atoms with Gasteiger partial charge in [0.2, 0.25) is 0 Å². The number of rotatable bonds is 13. The van der Waals surface area contributed by atoms with Crippen LogP contribution in [0.25, 0.3) is 0 Å². The van der Waals surface area contributed by atoms with Crippen LogP contribution in [0.1, 0.15) is 66.2 Å². The highest BCUT2D eigenvalue weighted by Crippen LogP contribution is 1.95. The molecule has 0 aromatic carbocycles. The van der Waals surface area contributed by atoms with Gasteiger partial charge < -0.3 is 19.7 Å². The Hall–Kier alpha value is -1.66.